The summed E-state index contributed by atoms with van der Waals surface area (Å²) in [6.45, 7) is 6.04. The van der Waals surface area contributed by atoms with Gasteiger partial charge < -0.3 is 29.0 Å². The summed E-state index contributed by atoms with van der Waals surface area (Å²) >= 11 is 0. The fourth-order valence-electron chi connectivity index (χ4n) is 5.22. The van der Waals surface area contributed by atoms with Crippen LogP contribution in [0.4, 0.5) is 0 Å². The molecule has 0 bridgehead atoms. The average Bonchev–Trinajstić information content (AvgIpc) is 3.11. The molecule has 2 heterocycles. The summed E-state index contributed by atoms with van der Waals surface area (Å²) in [4.78, 5) is 70.7. The van der Waals surface area contributed by atoms with E-state index in [1.807, 2.05) is 43.3 Å². The number of rotatable bonds is 11. The Morgan fingerprint density at radius 3 is 2.25 bits per heavy atom. The van der Waals surface area contributed by atoms with Crippen molar-refractivity contribution in [3.8, 4) is 11.5 Å². The zero-order chi connectivity index (χ0) is 34.8. The number of hydrogen-bond donors (Lipinski definition) is 1. The van der Waals surface area contributed by atoms with Crippen molar-refractivity contribution >= 4 is 29.8 Å². The topological polar surface area (TPSA) is 156 Å². The van der Waals surface area contributed by atoms with Crippen LogP contribution in [0, 0.1) is 11.8 Å². The zero-order valence-electron chi connectivity index (χ0n) is 27.5. The van der Waals surface area contributed by atoms with E-state index in [1.54, 1.807) is 38.1 Å². The second kappa shape index (κ2) is 16.5. The number of aromatic nitrogens is 1. The maximum Gasteiger partial charge on any atom is 0.332 e. The molecule has 5 atom stereocenters. The molecule has 1 N–H and O–H groups in total. The van der Waals surface area contributed by atoms with Crippen molar-refractivity contribution in [2.45, 2.75) is 64.7 Å². The predicted molar refractivity (Wildman–Crippen MR) is 172 cm³/mol. The number of carbonyl (C=O) groups is 5. The predicted octanol–water partition coefficient (Wildman–Crippen LogP) is 4.20. The van der Waals surface area contributed by atoms with Crippen molar-refractivity contribution in [2.24, 2.45) is 11.8 Å². The van der Waals surface area contributed by atoms with E-state index >= 15 is 0 Å². The molecule has 4 rings (SSSR count). The molecule has 12 heteroatoms. The number of amides is 1. The maximum absolute atomic E-state index is 13.6. The first-order valence-electron chi connectivity index (χ1n) is 15.8. The molecule has 1 amide bonds. The molecule has 1 aliphatic heterocycles. The van der Waals surface area contributed by atoms with Gasteiger partial charge in [0.1, 0.15) is 18.6 Å². The molecule has 1 saturated heterocycles. The number of nitrogens with zero attached hydrogens (tertiary/aromatic N) is 1. The van der Waals surface area contributed by atoms with Crippen LogP contribution in [0.1, 0.15) is 61.6 Å². The number of pyridine rings is 1. The molecule has 0 aliphatic carbocycles. The van der Waals surface area contributed by atoms with Crippen LogP contribution in [-0.4, -0.2) is 66.7 Å². The number of hydrogen-bond acceptors (Lipinski definition) is 11. The molecular formula is C36H40N2O10. The fraction of sp³-hybridized carbons (Fsp3) is 0.389. The van der Waals surface area contributed by atoms with Crippen molar-refractivity contribution in [1.29, 1.82) is 0 Å². The van der Waals surface area contributed by atoms with Crippen molar-refractivity contribution in [2.75, 3.05) is 13.7 Å². The van der Waals surface area contributed by atoms with Gasteiger partial charge in [-0.05, 0) is 30.9 Å². The van der Waals surface area contributed by atoms with E-state index in [-0.39, 0.29) is 23.6 Å². The van der Waals surface area contributed by atoms with Gasteiger partial charge in [-0.1, -0.05) is 81.4 Å². The van der Waals surface area contributed by atoms with E-state index in [1.165, 1.54) is 26.3 Å². The number of benzene rings is 2. The van der Waals surface area contributed by atoms with Crippen molar-refractivity contribution in [3.05, 3.63) is 89.7 Å². The third-order valence-corrected chi connectivity index (χ3v) is 7.87. The van der Waals surface area contributed by atoms with Gasteiger partial charge in [0.15, 0.2) is 23.6 Å². The lowest BCUT2D eigenvalue weighted by molar-refractivity contribution is -0.176. The summed E-state index contributed by atoms with van der Waals surface area (Å²) in [5.41, 5.74) is 1.16. The van der Waals surface area contributed by atoms with Crippen LogP contribution < -0.4 is 14.8 Å². The summed E-state index contributed by atoms with van der Waals surface area (Å²) in [6, 6.07) is 18.1. The molecule has 1 unspecified atom stereocenters. The molecule has 0 saturated carbocycles. The summed E-state index contributed by atoms with van der Waals surface area (Å²) in [5.74, 6) is -6.19. The normalized spacial score (nSPS) is 20.2. The van der Waals surface area contributed by atoms with Crippen LogP contribution in [-0.2, 0) is 39.8 Å². The molecule has 1 aliphatic rings. The Morgan fingerprint density at radius 2 is 1.62 bits per heavy atom. The third-order valence-electron chi connectivity index (χ3n) is 7.87. The lowest BCUT2D eigenvalue weighted by atomic mass is 9.91. The van der Waals surface area contributed by atoms with Crippen molar-refractivity contribution < 1.29 is 47.7 Å². The van der Waals surface area contributed by atoms with Gasteiger partial charge in [0.25, 0.3) is 5.91 Å². The molecule has 0 radical (unpaired) electrons. The molecule has 48 heavy (non-hydrogen) atoms. The van der Waals surface area contributed by atoms with Crippen LogP contribution in [0.3, 0.4) is 0 Å². The average molecular weight is 661 g/mol. The molecule has 1 aromatic heterocycles. The number of methoxy groups -OCH3 is 1. The highest BCUT2D eigenvalue weighted by atomic mass is 16.6. The summed E-state index contributed by atoms with van der Waals surface area (Å²) in [5, 5.41) is 2.49. The first-order chi connectivity index (χ1) is 23.0. The minimum Gasteiger partial charge on any atom is -0.493 e. The third kappa shape index (κ3) is 8.75. The molecule has 2 aromatic carbocycles. The number of cyclic esters (lactones) is 2. The van der Waals surface area contributed by atoms with Gasteiger partial charge in [-0.25, -0.2) is 9.78 Å². The summed E-state index contributed by atoms with van der Waals surface area (Å²) in [6.07, 6.45) is -0.421. The Kier molecular flexibility index (Phi) is 12.3. The molecule has 0 spiro atoms. The monoisotopic (exact) mass is 660 g/mol. The second-order valence-corrected chi connectivity index (χ2v) is 11.6. The SMILES string of the molecule is CCC(C(=O)Oc1c(OC)ccnc1C(=O)N[C@H]1COC(=O)[C@H](Cc2ccccc2)[C@@H](OC(=O)C(C)C)[C@H](C)OC1=O)c1ccccc1. The van der Waals surface area contributed by atoms with E-state index < -0.39 is 72.4 Å². The first-order valence-corrected chi connectivity index (χ1v) is 15.8. The molecule has 3 aromatic rings. The Balaban J connectivity index is 1.59. The highest BCUT2D eigenvalue weighted by Crippen LogP contribution is 2.32. The van der Waals surface area contributed by atoms with Gasteiger partial charge in [-0.15, -0.1) is 0 Å². The van der Waals surface area contributed by atoms with E-state index in [0.717, 1.165) is 11.1 Å². The molecule has 12 nitrogen and oxygen atoms in total. The second-order valence-electron chi connectivity index (χ2n) is 11.6. The van der Waals surface area contributed by atoms with E-state index in [9.17, 15) is 24.0 Å². The van der Waals surface area contributed by atoms with Crippen molar-refractivity contribution in [3.63, 3.8) is 0 Å². The Hall–Kier alpha value is -5.26. The first kappa shape index (κ1) is 35.6. The van der Waals surface area contributed by atoms with Gasteiger partial charge >= 0.3 is 23.9 Å². The molecule has 1 fully saturated rings. The van der Waals surface area contributed by atoms with Crippen molar-refractivity contribution in [1.82, 2.24) is 10.3 Å². The largest absolute Gasteiger partial charge is 0.493 e. The zero-order valence-corrected chi connectivity index (χ0v) is 27.5. The summed E-state index contributed by atoms with van der Waals surface area (Å²) in [7, 11) is 1.34. The van der Waals surface area contributed by atoms with Gasteiger partial charge in [-0.2, -0.15) is 0 Å². The van der Waals surface area contributed by atoms with E-state index in [0.29, 0.717) is 6.42 Å². The molecule has 254 valence electrons. The number of carbonyl (C=O) groups excluding carboxylic acids is 5. The number of nitrogens with one attached hydrogen (secondary N) is 1. The number of ether oxygens (including phenoxy) is 5. The van der Waals surface area contributed by atoms with Gasteiger partial charge in [-0.3, -0.25) is 19.2 Å². The standard InChI is InChI=1S/C36H40N2O10/c1-6-25(24-15-11-8-12-16-24)35(42)48-31-28(44-5)17-18-37-29(31)32(39)38-27-20-45-34(41)26(19-23-13-9-7-10-14-23)30(22(4)46-36(27)43)47-33(40)21(2)3/h7-18,21-22,25-27,30H,6,19-20H2,1-5H3,(H,38,39)/t22-,25?,26+,27-,30-/m0/s1. The Bertz CT molecular complexity index is 1590. The summed E-state index contributed by atoms with van der Waals surface area (Å²) < 4.78 is 28.0. The van der Waals surface area contributed by atoms with Crippen LogP contribution >= 0.6 is 0 Å². The lowest BCUT2D eigenvalue weighted by Gasteiger charge is -2.29. The van der Waals surface area contributed by atoms with Crippen LogP contribution in [0.25, 0.3) is 0 Å². The fourth-order valence-corrected chi connectivity index (χ4v) is 5.22. The van der Waals surface area contributed by atoms with Crippen LogP contribution in [0.15, 0.2) is 72.9 Å². The highest BCUT2D eigenvalue weighted by Gasteiger charge is 2.42. The Labute approximate surface area is 279 Å². The highest BCUT2D eigenvalue weighted by molar-refractivity contribution is 5.99. The minimum absolute atomic E-state index is 0.0575. The Morgan fingerprint density at radius 1 is 0.958 bits per heavy atom. The quantitative estimate of drug-likeness (QED) is 0.232. The smallest absolute Gasteiger partial charge is 0.332 e. The lowest BCUT2D eigenvalue weighted by Crippen LogP contribution is -2.47. The van der Waals surface area contributed by atoms with Crippen LogP contribution in [0.2, 0.25) is 0 Å². The molecular weight excluding hydrogens is 620 g/mol. The van der Waals surface area contributed by atoms with Gasteiger partial charge in [0, 0.05) is 12.3 Å². The van der Waals surface area contributed by atoms with Crippen LogP contribution in [0.5, 0.6) is 11.5 Å². The van der Waals surface area contributed by atoms with E-state index in [2.05, 4.69) is 10.3 Å². The minimum atomic E-state index is -1.48. The van der Waals surface area contributed by atoms with E-state index in [4.69, 9.17) is 23.7 Å². The van der Waals surface area contributed by atoms with Gasteiger partial charge in [0.05, 0.1) is 18.9 Å². The maximum atomic E-state index is 13.6. The number of esters is 4. The van der Waals surface area contributed by atoms with Gasteiger partial charge in [0.2, 0.25) is 5.75 Å².